The summed E-state index contributed by atoms with van der Waals surface area (Å²) in [7, 11) is 3.88. The van der Waals surface area contributed by atoms with Gasteiger partial charge in [-0.3, -0.25) is 4.79 Å². The summed E-state index contributed by atoms with van der Waals surface area (Å²) in [4.78, 5) is 18.6. The molecule has 0 unspecified atom stereocenters. The van der Waals surface area contributed by atoms with Gasteiger partial charge in [0.2, 0.25) is 0 Å². The summed E-state index contributed by atoms with van der Waals surface area (Å²) in [5.41, 5.74) is 2.64. The van der Waals surface area contributed by atoms with Crippen molar-refractivity contribution in [2.45, 2.75) is 6.54 Å². The minimum Gasteiger partial charge on any atom is -0.378 e. The van der Waals surface area contributed by atoms with Crippen LogP contribution in [0, 0.1) is 0 Å². The van der Waals surface area contributed by atoms with E-state index in [9.17, 15) is 4.79 Å². The quantitative estimate of drug-likeness (QED) is 0.756. The molecule has 0 saturated heterocycles. The van der Waals surface area contributed by atoms with E-state index in [0.717, 1.165) is 11.3 Å². The van der Waals surface area contributed by atoms with E-state index in [-0.39, 0.29) is 5.91 Å². The highest BCUT2D eigenvalue weighted by Crippen LogP contribution is 2.16. The van der Waals surface area contributed by atoms with Crippen LogP contribution in [0.1, 0.15) is 15.9 Å². The number of rotatable bonds is 5. The van der Waals surface area contributed by atoms with Crippen molar-refractivity contribution >= 4 is 29.0 Å². The van der Waals surface area contributed by atoms with Crippen LogP contribution in [0.25, 0.3) is 0 Å². The van der Waals surface area contributed by atoms with E-state index in [1.165, 1.54) is 0 Å². The first kappa shape index (κ1) is 17.0. The molecule has 0 fully saturated rings. The minimum atomic E-state index is -0.184. The third kappa shape index (κ3) is 4.39. The highest BCUT2D eigenvalue weighted by atomic mass is 35.5. The topological polar surface area (TPSA) is 50.2 Å². The molecule has 0 radical (unpaired) electrons. The smallest absolute Gasteiger partial charge is 0.256 e. The normalized spacial score (nSPS) is 10.5. The van der Waals surface area contributed by atoms with E-state index in [1.807, 2.05) is 66.0 Å². The summed E-state index contributed by atoms with van der Waals surface area (Å²) in [6.07, 6.45) is 3.49. The second-order valence-corrected chi connectivity index (χ2v) is 6.40. The summed E-state index contributed by atoms with van der Waals surface area (Å²) in [5.74, 6) is 0.332. The van der Waals surface area contributed by atoms with E-state index >= 15 is 0 Å². The molecule has 128 valence electrons. The lowest BCUT2D eigenvalue weighted by molar-refractivity contribution is 0.102. The largest absolute Gasteiger partial charge is 0.378 e. The van der Waals surface area contributed by atoms with Crippen LogP contribution in [0.3, 0.4) is 0 Å². The number of nitrogens with one attached hydrogen (secondary N) is 1. The number of carbonyl (C=O) groups excluding carboxylic acids is 1. The maximum Gasteiger partial charge on any atom is 0.256 e. The van der Waals surface area contributed by atoms with E-state index in [1.54, 1.807) is 18.6 Å². The van der Waals surface area contributed by atoms with Crippen LogP contribution in [0.2, 0.25) is 5.02 Å². The summed E-state index contributed by atoms with van der Waals surface area (Å²) in [5, 5.41) is 3.53. The van der Waals surface area contributed by atoms with Crippen molar-refractivity contribution in [3.05, 3.63) is 77.2 Å². The lowest BCUT2D eigenvalue weighted by atomic mass is 10.2. The van der Waals surface area contributed by atoms with Crippen LogP contribution in [0.4, 0.5) is 11.5 Å². The first-order valence-corrected chi connectivity index (χ1v) is 8.24. The standard InChI is InChI=1S/C19H19ClN4O/c1-23(2)17-8-4-6-15(10-17)19(25)22-18-12-24(13-21-18)11-14-5-3-7-16(20)9-14/h3-10,12-13H,11H2,1-2H3,(H,22,25). The molecule has 3 aromatic rings. The van der Waals surface area contributed by atoms with E-state index in [4.69, 9.17) is 11.6 Å². The van der Waals surface area contributed by atoms with Crippen molar-refractivity contribution in [2.75, 3.05) is 24.3 Å². The predicted molar refractivity (Wildman–Crippen MR) is 102 cm³/mol. The molecule has 0 spiro atoms. The van der Waals surface area contributed by atoms with Gasteiger partial charge in [-0.05, 0) is 35.9 Å². The van der Waals surface area contributed by atoms with Gasteiger partial charge in [-0.1, -0.05) is 29.8 Å². The second-order valence-electron chi connectivity index (χ2n) is 5.96. The number of hydrogen-bond donors (Lipinski definition) is 1. The average molecular weight is 355 g/mol. The van der Waals surface area contributed by atoms with Crippen LogP contribution in [0.15, 0.2) is 61.1 Å². The highest BCUT2D eigenvalue weighted by molar-refractivity contribution is 6.30. The van der Waals surface area contributed by atoms with Crippen LogP contribution >= 0.6 is 11.6 Å². The van der Waals surface area contributed by atoms with Crippen LogP contribution < -0.4 is 10.2 Å². The summed E-state index contributed by atoms with van der Waals surface area (Å²) in [6.45, 7) is 0.638. The van der Waals surface area contributed by atoms with Crippen molar-refractivity contribution in [2.24, 2.45) is 0 Å². The zero-order valence-electron chi connectivity index (χ0n) is 14.1. The van der Waals surface area contributed by atoms with Crippen molar-refractivity contribution in [1.29, 1.82) is 0 Å². The molecule has 3 rings (SSSR count). The number of aromatic nitrogens is 2. The molecular formula is C19H19ClN4O. The number of amides is 1. The lowest BCUT2D eigenvalue weighted by Crippen LogP contribution is -2.14. The Labute approximate surface area is 151 Å². The molecule has 1 N–H and O–H groups in total. The second kappa shape index (κ2) is 7.40. The Balaban J connectivity index is 1.68. The summed E-state index contributed by atoms with van der Waals surface area (Å²) < 4.78 is 1.90. The molecular weight excluding hydrogens is 336 g/mol. The van der Waals surface area contributed by atoms with Crippen molar-refractivity contribution in [3.8, 4) is 0 Å². The predicted octanol–water partition coefficient (Wildman–Crippen LogP) is 3.90. The van der Waals surface area contributed by atoms with E-state index < -0.39 is 0 Å². The van der Waals surface area contributed by atoms with Gasteiger partial charge in [0.25, 0.3) is 5.91 Å². The molecule has 0 aliphatic carbocycles. The minimum absolute atomic E-state index is 0.184. The molecule has 1 heterocycles. The zero-order chi connectivity index (χ0) is 17.8. The van der Waals surface area contributed by atoms with Gasteiger partial charge in [0, 0.05) is 43.1 Å². The fourth-order valence-corrected chi connectivity index (χ4v) is 2.68. The first-order chi connectivity index (χ1) is 12.0. The number of anilines is 2. The molecule has 0 atom stereocenters. The molecule has 2 aromatic carbocycles. The van der Waals surface area contributed by atoms with Gasteiger partial charge in [-0.2, -0.15) is 0 Å². The van der Waals surface area contributed by atoms with Crippen molar-refractivity contribution in [3.63, 3.8) is 0 Å². The average Bonchev–Trinajstić information content (AvgIpc) is 3.02. The molecule has 25 heavy (non-hydrogen) atoms. The van der Waals surface area contributed by atoms with Gasteiger partial charge in [0.05, 0.1) is 6.33 Å². The Kier molecular flexibility index (Phi) is 5.05. The number of imidazole rings is 1. The first-order valence-electron chi connectivity index (χ1n) is 7.86. The van der Waals surface area contributed by atoms with Gasteiger partial charge in [0.1, 0.15) is 0 Å². The van der Waals surface area contributed by atoms with Crippen LogP contribution in [0.5, 0.6) is 0 Å². The summed E-state index contributed by atoms with van der Waals surface area (Å²) >= 11 is 6.00. The molecule has 0 saturated carbocycles. The Bertz CT molecular complexity index is 888. The fourth-order valence-electron chi connectivity index (χ4n) is 2.47. The highest BCUT2D eigenvalue weighted by Gasteiger charge is 2.09. The Morgan fingerprint density at radius 1 is 1.20 bits per heavy atom. The number of benzene rings is 2. The molecule has 5 nitrogen and oxygen atoms in total. The molecule has 0 bridgehead atoms. The zero-order valence-corrected chi connectivity index (χ0v) is 14.9. The molecule has 1 amide bonds. The van der Waals surface area contributed by atoms with Crippen LogP contribution in [-0.4, -0.2) is 29.6 Å². The Morgan fingerprint density at radius 3 is 2.76 bits per heavy atom. The van der Waals surface area contributed by atoms with Gasteiger partial charge in [-0.25, -0.2) is 4.98 Å². The van der Waals surface area contributed by atoms with Crippen molar-refractivity contribution < 1.29 is 4.79 Å². The Morgan fingerprint density at radius 2 is 2.00 bits per heavy atom. The maximum atomic E-state index is 12.4. The lowest BCUT2D eigenvalue weighted by Gasteiger charge is -2.13. The van der Waals surface area contributed by atoms with Gasteiger partial charge in [0.15, 0.2) is 5.82 Å². The fraction of sp³-hybridized carbons (Fsp3) is 0.158. The SMILES string of the molecule is CN(C)c1cccc(C(=O)Nc2cn(Cc3cccc(Cl)c3)cn2)c1. The number of nitrogens with zero attached hydrogens (tertiary/aromatic N) is 3. The molecule has 0 aliphatic rings. The van der Waals surface area contributed by atoms with E-state index in [0.29, 0.717) is 22.9 Å². The third-order valence-electron chi connectivity index (χ3n) is 3.75. The number of carbonyl (C=O) groups is 1. The summed E-state index contributed by atoms with van der Waals surface area (Å²) in [6, 6.07) is 15.1. The maximum absolute atomic E-state index is 12.4. The third-order valence-corrected chi connectivity index (χ3v) is 3.99. The van der Waals surface area contributed by atoms with Crippen LogP contribution in [-0.2, 0) is 6.54 Å². The van der Waals surface area contributed by atoms with Gasteiger partial charge < -0.3 is 14.8 Å². The van der Waals surface area contributed by atoms with Gasteiger partial charge >= 0.3 is 0 Å². The van der Waals surface area contributed by atoms with Crippen molar-refractivity contribution in [1.82, 2.24) is 9.55 Å². The van der Waals surface area contributed by atoms with Gasteiger partial charge in [-0.15, -0.1) is 0 Å². The number of hydrogen-bond acceptors (Lipinski definition) is 3. The molecule has 1 aromatic heterocycles. The Hall–Kier alpha value is -2.79. The van der Waals surface area contributed by atoms with E-state index in [2.05, 4.69) is 10.3 Å². The molecule has 0 aliphatic heterocycles. The monoisotopic (exact) mass is 354 g/mol. The number of halogens is 1. The molecule has 6 heteroatoms.